The predicted octanol–water partition coefficient (Wildman–Crippen LogP) is 6.69. The summed E-state index contributed by atoms with van der Waals surface area (Å²) in [6.45, 7) is 6.22. The van der Waals surface area contributed by atoms with Crippen molar-refractivity contribution in [2.45, 2.75) is 76.5 Å². The van der Waals surface area contributed by atoms with E-state index < -0.39 is 0 Å². The number of rotatable bonds is 5. The second-order valence-electron chi connectivity index (χ2n) is 11.0. The number of fused-ring (bicyclic) bond motifs is 2. The summed E-state index contributed by atoms with van der Waals surface area (Å²) in [7, 11) is 0. The lowest BCUT2D eigenvalue weighted by atomic mass is 9.75. The number of anilines is 1. The van der Waals surface area contributed by atoms with E-state index in [2.05, 4.69) is 36.6 Å². The molecule has 0 saturated carbocycles. The molecule has 0 radical (unpaired) electrons. The first kappa shape index (κ1) is 24.5. The molecule has 2 unspecified atom stereocenters. The zero-order chi connectivity index (χ0) is 24.4. The zero-order valence-electron chi connectivity index (χ0n) is 20.9. The first-order valence-corrected chi connectivity index (χ1v) is 13.6. The average molecular weight is 496 g/mol. The van der Waals surface area contributed by atoms with Crippen LogP contribution in [-0.2, 0) is 0 Å². The summed E-state index contributed by atoms with van der Waals surface area (Å²) in [5, 5.41) is 7.61. The lowest BCUT2D eigenvalue weighted by Gasteiger charge is -2.44. The molecule has 3 saturated heterocycles. The van der Waals surface area contributed by atoms with Gasteiger partial charge in [-0.3, -0.25) is 0 Å². The smallest absolute Gasteiger partial charge is 0.321 e. The van der Waals surface area contributed by atoms with Crippen LogP contribution in [0.5, 0.6) is 5.75 Å². The molecule has 0 spiro atoms. The lowest BCUT2D eigenvalue weighted by molar-refractivity contribution is 0.0638. The Morgan fingerprint density at radius 1 is 0.971 bits per heavy atom. The van der Waals surface area contributed by atoms with Gasteiger partial charge in [0.15, 0.2) is 0 Å². The second-order valence-corrected chi connectivity index (χ2v) is 11.5. The van der Waals surface area contributed by atoms with Crippen molar-refractivity contribution >= 4 is 23.3 Å². The molecule has 0 aromatic heterocycles. The molecule has 2 amide bonds. The highest BCUT2D eigenvalue weighted by atomic mass is 35.5. The molecular weight excluding hydrogens is 458 g/mol. The molecule has 0 aliphatic carbocycles. The van der Waals surface area contributed by atoms with E-state index in [0.29, 0.717) is 18.0 Å². The van der Waals surface area contributed by atoms with Crippen molar-refractivity contribution in [3.8, 4) is 5.75 Å². The lowest BCUT2D eigenvalue weighted by Crippen LogP contribution is -2.54. The maximum absolute atomic E-state index is 12.8. The minimum absolute atomic E-state index is 0.0286. The zero-order valence-corrected chi connectivity index (χ0v) is 21.6. The number of carbonyl (C=O) groups is 1. The van der Waals surface area contributed by atoms with Crippen molar-refractivity contribution in [2.24, 2.45) is 11.8 Å². The molecule has 6 heteroatoms. The van der Waals surface area contributed by atoms with E-state index in [-0.39, 0.29) is 12.1 Å². The van der Waals surface area contributed by atoms with Crippen LogP contribution in [0.15, 0.2) is 48.5 Å². The number of urea groups is 1. The van der Waals surface area contributed by atoms with Gasteiger partial charge in [0.25, 0.3) is 0 Å². The van der Waals surface area contributed by atoms with Crippen molar-refractivity contribution in [1.29, 1.82) is 0 Å². The number of piperidine rings is 3. The maximum Gasteiger partial charge on any atom is 0.321 e. The minimum atomic E-state index is -0.0286. The van der Waals surface area contributed by atoms with Crippen LogP contribution in [0, 0.1) is 11.8 Å². The molecular formula is C29H38ClN3O2. The van der Waals surface area contributed by atoms with Crippen molar-refractivity contribution in [1.82, 2.24) is 10.2 Å². The number of hydrogen-bond donors (Lipinski definition) is 2. The number of likely N-dealkylation sites (tertiary alicyclic amines) is 1. The largest absolute Gasteiger partial charge is 0.490 e. The standard InChI is InChI=1S/C29H38ClN3O2/c1-19(2)22-15-25-17-28(18-26(16-22)31-25)35-27-9-7-24(8-10-27)32-29(34)33-13-11-21(12-14-33)20-3-5-23(30)6-4-20/h3-10,19,21-22,25-26,28,31H,11-18H2,1-2H3,(H,32,34)/t22?,25-,26+,28?. The number of amides is 2. The van der Waals surface area contributed by atoms with Crippen LogP contribution in [0.1, 0.15) is 63.9 Å². The normalized spacial score (nSPS) is 27.0. The first-order chi connectivity index (χ1) is 16.9. The highest BCUT2D eigenvalue weighted by Gasteiger charge is 2.37. The van der Waals surface area contributed by atoms with Gasteiger partial charge in [0, 0.05) is 35.9 Å². The second kappa shape index (κ2) is 10.8. The van der Waals surface area contributed by atoms with Gasteiger partial charge in [0.05, 0.1) is 0 Å². The van der Waals surface area contributed by atoms with Gasteiger partial charge in [0.1, 0.15) is 11.9 Å². The molecule has 3 fully saturated rings. The maximum atomic E-state index is 12.8. The summed E-state index contributed by atoms with van der Waals surface area (Å²) in [4.78, 5) is 14.7. The predicted molar refractivity (Wildman–Crippen MR) is 142 cm³/mol. The van der Waals surface area contributed by atoms with Crippen LogP contribution in [0.25, 0.3) is 0 Å². The summed E-state index contributed by atoms with van der Waals surface area (Å²) in [5.74, 6) is 2.96. The molecule has 2 N–H and O–H groups in total. The summed E-state index contributed by atoms with van der Waals surface area (Å²) >= 11 is 6.01. The Hall–Kier alpha value is -2.24. The molecule has 3 heterocycles. The topological polar surface area (TPSA) is 53.6 Å². The molecule has 35 heavy (non-hydrogen) atoms. The Labute approximate surface area is 214 Å². The van der Waals surface area contributed by atoms with Crippen LogP contribution < -0.4 is 15.4 Å². The first-order valence-electron chi connectivity index (χ1n) is 13.3. The van der Waals surface area contributed by atoms with Crippen molar-refractivity contribution in [2.75, 3.05) is 18.4 Å². The monoisotopic (exact) mass is 495 g/mol. The Kier molecular flexibility index (Phi) is 7.54. The van der Waals surface area contributed by atoms with E-state index in [1.165, 1.54) is 18.4 Å². The van der Waals surface area contributed by atoms with E-state index >= 15 is 0 Å². The van der Waals surface area contributed by atoms with Gasteiger partial charge in [-0.1, -0.05) is 37.6 Å². The molecule has 4 atom stereocenters. The Bertz CT molecular complexity index is 972. The molecule has 188 valence electrons. The van der Waals surface area contributed by atoms with Crippen LogP contribution in [-0.4, -0.2) is 42.2 Å². The fourth-order valence-corrected chi connectivity index (χ4v) is 6.29. The molecule has 2 aromatic carbocycles. The molecule has 5 rings (SSSR count). The Morgan fingerprint density at radius 3 is 2.20 bits per heavy atom. The molecule has 3 aliphatic heterocycles. The molecule has 3 aliphatic rings. The summed E-state index contributed by atoms with van der Waals surface area (Å²) in [5.41, 5.74) is 2.12. The van der Waals surface area contributed by atoms with E-state index in [1.54, 1.807) is 0 Å². The van der Waals surface area contributed by atoms with Crippen molar-refractivity contribution in [3.63, 3.8) is 0 Å². The van der Waals surface area contributed by atoms with Gasteiger partial charge in [-0.2, -0.15) is 0 Å². The molecule has 2 bridgehead atoms. The van der Waals surface area contributed by atoms with Gasteiger partial charge in [-0.05, 0) is 98.2 Å². The van der Waals surface area contributed by atoms with Gasteiger partial charge in [-0.25, -0.2) is 4.79 Å². The molecule has 2 aromatic rings. The summed E-state index contributed by atoms with van der Waals surface area (Å²) in [6, 6.07) is 17.1. The van der Waals surface area contributed by atoms with Crippen molar-refractivity contribution in [3.05, 3.63) is 59.1 Å². The van der Waals surface area contributed by atoms with Crippen LogP contribution in [0.4, 0.5) is 10.5 Å². The fraction of sp³-hybridized carbons (Fsp3) is 0.552. The third-order valence-electron chi connectivity index (χ3n) is 8.22. The number of ether oxygens (including phenoxy) is 1. The van der Waals surface area contributed by atoms with E-state index in [1.807, 2.05) is 41.3 Å². The van der Waals surface area contributed by atoms with E-state index in [4.69, 9.17) is 16.3 Å². The fourth-order valence-electron chi connectivity index (χ4n) is 6.16. The van der Waals surface area contributed by atoms with Crippen LogP contribution >= 0.6 is 11.6 Å². The highest BCUT2D eigenvalue weighted by molar-refractivity contribution is 6.30. The number of halogens is 1. The highest BCUT2D eigenvalue weighted by Crippen LogP contribution is 2.35. The summed E-state index contributed by atoms with van der Waals surface area (Å²) in [6.07, 6.45) is 6.87. The van der Waals surface area contributed by atoms with Crippen molar-refractivity contribution < 1.29 is 9.53 Å². The van der Waals surface area contributed by atoms with Gasteiger partial charge in [0.2, 0.25) is 0 Å². The van der Waals surface area contributed by atoms with Gasteiger partial charge < -0.3 is 20.3 Å². The third-order valence-corrected chi connectivity index (χ3v) is 8.47. The van der Waals surface area contributed by atoms with Crippen LogP contribution in [0.3, 0.4) is 0 Å². The summed E-state index contributed by atoms with van der Waals surface area (Å²) < 4.78 is 6.35. The minimum Gasteiger partial charge on any atom is -0.490 e. The van der Waals surface area contributed by atoms with Crippen LogP contribution in [0.2, 0.25) is 5.02 Å². The average Bonchev–Trinajstić information content (AvgIpc) is 2.85. The number of hydrogen-bond acceptors (Lipinski definition) is 3. The number of nitrogens with one attached hydrogen (secondary N) is 2. The Morgan fingerprint density at radius 2 is 1.60 bits per heavy atom. The van der Waals surface area contributed by atoms with E-state index in [9.17, 15) is 4.79 Å². The van der Waals surface area contributed by atoms with Gasteiger partial charge in [-0.15, -0.1) is 0 Å². The van der Waals surface area contributed by atoms with Gasteiger partial charge >= 0.3 is 6.03 Å². The number of carbonyl (C=O) groups excluding carboxylic acids is 1. The van der Waals surface area contributed by atoms with E-state index in [0.717, 1.165) is 67.1 Å². The third kappa shape index (κ3) is 6.13. The number of benzene rings is 2. The molecule has 5 nitrogen and oxygen atoms in total. The Balaban J connectivity index is 1.09. The SMILES string of the molecule is CC(C)C1C[C@H]2CC(Oc3ccc(NC(=O)N4CCC(c5ccc(Cl)cc5)CC4)cc3)C[C@@H](C1)N2. The number of nitrogens with zero attached hydrogens (tertiary/aromatic N) is 1. The quantitative estimate of drug-likeness (QED) is 0.486.